The largest absolute Gasteiger partial charge is 0.430 e. The minimum Gasteiger partial charge on any atom is -0.369 e. The molecule has 0 aromatic heterocycles. The van der Waals surface area contributed by atoms with Gasteiger partial charge in [-0.05, 0) is 24.3 Å². The molecule has 2 aromatic rings. The van der Waals surface area contributed by atoms with Gasteiger partial charge >= 0.3 is 12.4 Å². The van der Waals surface area contributed by atoms with Crippen molar-refractivity contribution in [1.82, 2.24) is 0 Å². The van der Waals surface area contributed by atoms with Crippen LogP contribution in [0.5, 0.6) is 0 Å². The third-order valence-corrected chi connectivity index (χ3v) is 3.57. The fourth-order valence-electron chi connectivity index (χ4n) is 2.19. The van der Waals surface area contributed by atoms with Crippen molar-refractivity contribution in [2.75, 3.05) is 5.32 Å². The number of rotatable bonds is 3. The fourth-order valence-corrected chi connectivity index (χ4v) is 2.19. The summed E-state index contributed by atoms with van der Waals surface area (Å²) in [4.78, 5) is 11.9. The van der Waals surface area contributed by atoms with Crippen LogP contribution in [0.15, 0.2) is 42.5 Å². The maximum atomic E-state index is 13.5. The van der Waals surface area contributed by atoms with Gasteiger partial charge in [-0.1, -0.05) is 18.2 Å². The van der Waals surface area contributed by atoms with Crippen LogP contribution >= 0.6 is 0 Å². The Balaban J connectivity index is 2.34. The number of halogens is 8. The summed E-state index contributed by atoms with van der Waals surface area (Å²) in [6.45, 7) is 0. The van der Waals surface area contributed by atoms with Crippen molar-refractivity contribution in [3.05, 3.63) is 65.2 Å². The van der Waals surface area contributed by atoms with Gasteiger partial charge < -0.3 is 10.4 Å². The van der Waals surface area contributed by atoms with Gasteiger partial charge in [-0.2, -0.15) is 26.3 Å². The van der Waals surface area contributed by atoms with E-state index in [2.05, 4.69) is 0 Å². The zero-order chi connectivity index (χ0) is 20.6. The average molecular weight is 399 g/mol. The third kappa shape index (κ3) is 3.72. The molecule has 11 heteroatoms. The molecule has 0 bridgehead atoms. The van der Waals surface area contributed by atoms with E-state index in [1.54, 1.807) is 0 Å². The normalized spacial score (nSPS) is 12.8. The van der Waals surface area contributed by atoms with Crippen molar-refractivity contribution >= 4 is 11.6 Å². The molecule has 2 N–H and O–H groups in total. The first kappa shape index (κ1) is 20.6. The van der Waals surface area contributed by atoms with E-state index in [0.29, 0.717) is 12.1 Å². The Morgan fingerprint density at radius 2 is 1.26 bits per heavy atom. The second-order valence-electron chi connectivity index (χ2n) is 5.33. The van der Waals surface area contributed by atoms with Gasteiger partial charge in [0.2, 0.25) is 0 Å². The standard InChI is InChI=1S/C16H9F8NO2/c17-10-2-1-3-11(18)12(10)13(26)25-9-6-4-8(5-7-9)14(27,15(19,20)21)16(22,23)24/h1-7,27H,(H,25,26). The summed E-state index contributed by atoms with van der Waals surface area (Å²) in [5.41, 5.74) is -8.00. The Labute approximate surface area is 146 Å². The predicted octanol–water partition coefficient (Wildman–Crippen LogP) is 4.53. The Morgan fingerprint density at radius 3 is 1.67 bits per heavy atom. The monoisotopic (exact) mass is 399 g/mol. The highest BCUT2D eigenvalue weighted by Gasteiger charge is 2.71. The number of anilines is 1. The molecule has 146 valence electrons. The molecule has 0 radical (unpaired) electrons. The summed E-state index contributed by atoms with van der Waals surface area (Å²) in [5.74, 6) is -3.74. The summed E-state index contributed by atoms with van der Waals surface area (Å²) in [6, 6.07) is 4.37. The van der Waals surface area contributed by atoms with Gasteiger partial charge in [-0.25, -0.2) is 8.78 Å². The quantitative estimate of drug-likeness (QED) is 0.746. The van der Waals surface area contributed by atoms with Crippen LogP contribution in [0.4, 0.5) is 40.8 Å². The van der Waals surface area contributed by atoms with E-state index in [4.69, 9.17) is 0 Å². The zero-order valence-electron chi connectivity index (χ0n) is 12.9. The molecule has 2 rings (SSSR count). The number of alkyl halides is 6. The molecule has 0 saturated carbocycles. The molecule has 3 nitrogen and oxygen atoms in total. The molecule has 1 amide bonds. The second kappa shape index (κ2) is 6.80. The minimum atomic E-state index is -6.06. The van der Waals surface area contributed by atoms with Gasteiger partial charge in [0, 0.05) is 11.3 Å². The molecule has 27 heavy (non-hydrogen) atoms. The molecular formula is C16H9F8NO2. The van der Waals surface area contributed by atoms with E-state index in [1.165, 1.54) is 0 Å². The smallest absolute Gasteiger partial charge is 0.369 e. The van der Waals surface area contributed by atoms with Gasteiger partial charge in [0.1, 0.15) is 17.2 Å². The topological polar surface area (TPSA) is 49.3 Å². The van der Waals surface area contributed by atoms with Crippen molar-refractivity contribution in [1.29, 1.82) is 0 Å². The molecule has 0 fully saturated rings. The first-order valence-corrected chi connectivity index (χ1v) is 7.00. The van der Waals surface area contributed by atoms with E-state index in [-0.39, 0.29) is 17.8 Å². The zero-order valence-corrected chi connectivity index (χ0v) is 12.9. The molecule has 0 spiro atoms. The molecule has 0 heterocycles. The Hall–Kier alpha value is -2.69. The Morgan fingerprint density at radius 1 is 0.815 bits per heavy atom. The summed E-state index contributed by atoms with van der Waals surface area (Å²) in [5, 5.41) is 11.2. The Kier molecular flexibility index (Phi) is 5.19. The second-order valence-corrected chi connectivity index (χ2v) is 5.33. The number of hydrogen-bond donors (Lipinski definition) is 2. The number of carbonyl (C=O) groups excluding carboxylic acids is 1. The van der Waals surface area contributed by atoms with Gasteiger partial charge in [-0.15, -0.1) is 0 Å². The van der Waals surface area contributed by atoms with E-state index in [1.807, 2.05) is 5.32 Å². The third-order valence-electron chi connectivity index (χ3n) is 3.57. The highest BCUT2D eigenvalue weighted by Crippen LogP contribution is 2.50. The maximum Gasteiger partial charge on any atom is 0.430 e. The van der Waals surface area contributed by atoms with Gasteiger partial charge in [0.15, 0.2) is 0 Å². The predicted molar refractivity (Wildman–Crippen MR) is 76.8 cm³/mol. The summed E-state index contributed by atoms with van der Waals surface area (Å²) < 4.78 is 104. The first-order valence-electron chi connectivity index (χ1n) is 7.00. The number of benzene rings is 2. The number of aliphatic hydroxyl groups is 1. The van der Waals surface area contributed by atoms with Crippen molar-refractivity contribution in [2.45, 2.75) is 18.0 Å². The molecule has 0 atom stereocenters. The molecule has 0 saturated heterocycles. The number of hydrogen-bond acceptors (Lipinski definition) is 2. The van der Waals surface area contributed by atoms with Crippen LogP contribution in [-0.2, 0) is 5.60 Å². The van der Waals surface area contributed by atoms with Crippen LogP contribution in [-0.4, -0.2) is 23.4 Å². The van der Waals surface area contributed by atoms with E-state index >= 15 is 0 Å². The summed E-state index contributed by atoms with van der Waals surface area (Å²) in [7, 11) is 0. The van der Waals surface area contributed by atoms with Crippen molar-refractivity contribution in [3.8, 4) is 0 Å². The SMILES string of the molecule is O=C(Nc1ccc(C(O)(C(F)(F)F)C(F)(F)F)cc1)c1c(F)cccc1F. The maximum absolute atomic E-state index is 13.5. The molecule has 2 aromatic carbocycles. The minimum absolute atomic E-state index is 0.286. The lowest BCUT2D eigenvalue weighted by Gasteiger charge is -2.32. The van der Waals surface area contributed by atoms with E-state index in [0.717, 1.165) is 18.2 Å². The molecule has 0 aliphatic heterocycles. The van der Waals surface area contributed by atoms with Crippen molar-refractivity contribution < 1.29 is 45.0 Å². The highest BCUT2D eigenvalue weighted by molar-refractivity contribution is 6.04. The van der Waals surface area contributed by atoms with Gasteiger partial charge in [-0.3, -0.25) is 4.79 Å². The molecule has 0 aliphatic carbocycles. The number of nitrogens with one attached hydrogen (secondary N) is 1. The number of carbonyl (C=O) groups is 1. The van der Waals surface area contributed by atoms with Gasteiger partial charge in [0.05, 0.1) is 0 Å². The van der Waals surface area contributed by atoms with Crippen LogP contribution in [0.1, 0.15) is 15.9 Å². The average Bonchev–Trinajstić information content (AvgIpc) is 2.52. The molecular weight excluding hydrogens is 390 g/mol. The fraction of sp³-hybridized carbons (Fsp3) is 0.188. The van der Waals surface area contributed by atoms with E-state index in [9.17, 15) is 45.0 Å². The molecule has 0 aliphatic rings. The summed E-state index contributed by atoms with van der Waals surface area (Å²) >= 11 is 0. The van der Waals surface area contributed by atoms with E-state index < -0.39 is 46.6 Å². The molecule has 0 unspecified atom stereocenters. The van der Waals surface area contributed by atoms with Crippen molar-refractivity contribution in [3.63, 3.8) is 0 Å². The first-order chi connectivity index (χ1) is 12.3. The lowest BCUT2D eigenvalue weighted by molar-refractivity contribution is -0.376. The highest BCUT2D eigenvalue weighted by atomic mass is 19.4. The lowest BCUT2D eigenvalue weighted by atomic mass is 9.92. The van der Waals surface area contributed by atoms with Gasteiger partial charge in [0.25, 0.3) is 11.5 Å². The van der Waals surface area contributed by atoms with Crippen LogP contribution in [0.25, 0.3) is 0 Å². The Bertz CT molecular complexity index is 809. The lowest BCUT2D eigenvalue weighted by Crippen LogP contribution is -2.53. The van der Waals surface area contributed by atoms with Crippen LogP contribution in [0, 0.1) is 11.6 Å². The summed E-state index contributed by atoms with van der Waals surface area (Å²) in [6.07, 6.45) is -12.1. The van der Waals surface area contributed by atoms with Crippen LogP contribution in [0.3, 0.4) is 0 Å². The van der Waals surface area contributed by atoms with Crippen molar-refractivity contribution in [2.24, 2.45) is 0 Å². The van der Waals surface area contributed by atoms with Crippen LogP contribution < -0.4 is 5.32 Å². The van der Waals surface area contributed by atoms with Crippen LogP contribution in [0.2, 0.25) is 0 Å². The number of amides is 1.